The summed E-state index contributed by atoms with van der Waals surface area (Å²) in [5, 5.41) is 3.28. The molecule has 4 heteroatoms. The van der Waals surface area contributed by atoms with E-state index in [-0.39, 0.29) is 12.0 Å². The normalized spacial score (nSPS) is 18.8. The first-order chi connectivity index (χ1) is 9.65. The van der Waals surface area contributed by atoms with Crippen LogP contribution in [-0.4, -0.2) is 50.2 Å². The Morgan fingerprint density at radius 3 is 3.05 bits per heavy atom. The van der Waals surface area contributed by atoms with Gasteiger partial charge in [-0.3, -0.25) is 4.79 Å². The molecule has 1 aliphatic rings. The van der Waals surface area contributed by atoms with E-state index in [2.05, 4.69) is 30.4 Å². The van der Waals surface area contributed by atoms with Crippen LogP contribution in [0.5, 0.6) is 0 Å². The molecule has 1 fully saturated rings. The minimum atomic E-state index is 0.122. The number of nitrogens with zero attached hydrogens (tertiary/aromatic N) is 1. The van der Waals surface area contributed by atoms with Crippen molar-refractivity contribution < 1.29 is 9.53 Å². The van der Waals surface area contributed by atoms with Crippen LogP contribution in [0.3, 0.4) is 0 Å². The van der Waals surface area contributed by atoms with Crippen LogP contribution in [-0.2, 0) is 16.0 Å². The Hall–Kier alpha value is -1.39. The van der Waals surface area contributed by atoms with Gasteiger partial charge in [0.25, 0.3) is 0 Å². The number of ether oxygens (including phenoxy) is 1. The van der Waals surface area contributed by atoms with E-state index in [4.69, 9.17) is 4.74 Å². The number of rotatable bonds is 5. The van der Waals surface area contributed by atoms with Gasteiger partial charge in [-0.15, -0.1) is 0 Å². The third-order valence-corrected chi connectivity index (χ3v) is 3.62. The van der Waals surface area contributed by atoms with Crippen molar-refractivity contribution in [1.29, 1.82) is 0 Å². The van der Waals surface area contributed by atoms with Gasteiger partial charge in [-0.2, -0.15) is 0 Å². The molecular weight excluding hydrogens is 252 g/mol. The molecule has 1 atom stereocenters. The lowest BCUT2D eigenvalue weighted by Crippen LogP contribution is -2.45. The Kier molecular flexibility index (Phi) is 5.56. The Bertz CT molecular complexity index is 442. The minimum absolute atomic E-state index is 0.122. The largest absolute Gasteiger partial charge is 0.374 e. The molecule has 1 N–H and O–H groups in total. The van der Waals surface area contributed by atoms with Gasteiger partial charge in [0.15, 0.2) is 0 Å². The summed E-state index contributed by atoms with van der Waals surface area (Å²) in [7, 11) is 1.86. The first-order valence-corrected chi connectivity index (χ1v) is 7.27. The standard InChI is InChI=1S/C16H24N2O2/c1-13-4-3-5-14(10-13)6-7-16(19)18(2)12-15-11-17-8-9-20-15/h3-5,10,15,17H,6-9,11-12H2,1-2H3. The third kappa shape index (κ3) is 4.62. The lowest BCUT2D eigenvalue weighted by Gasteiger charge is -2.28. The summed E-state index contributed by atoms with van der Waals surface area (Å²) in [6.07, 6.45) is 1.48. The van der Waals surface area contributed by atoms with Gasteiger partial charge < -0.3 is 15.0 Å². The number of amides is 1. The van der Waals surface area contributed by atoms with Crippen molar-refractivity contribution in [2.75, 3.05) is 33.3 Å². The Morgan fingerprint density at radius 1 is 1.50 bits per heavy atom. The van der Waals surface area contributed by atoms with Crippen LogP contribution >= 0.6 is 0 Å². The molecule has 20 heavy (non-hydrogen) atoms. The number of likely N-dealkylation sites (N-methyl/N-ethyl adjacent to an activating group) is 1. The van der Waals surface area contributed by atoms with Gasteiger partial charge in [0.05, 0.1) is 12.7 Å². The highest BCUT2D eigenvalue weighted by Gasteiger charge is 2.18. The maximum atomic E-state index is 12.1. The van der Waals surface area contributed by atoms with Gasteiger partial charge in [-0.1, -0.05) is 29.8 Å². The molecule has 1 saturated heterocycles. The highest BCUT2D eigenvalue weighted by atomic mass is 16.5. The lowest BCUT2D eigenvalue weighted by molar-refractivity contribution is -0.132. The SMILES string of the molecule is Cc1cccc(CCC(=O)N(C)CC2CNCCO2)c1. The second-order valence-corrected chi connectivity index (χ2v) is 5.46. The minimum Gasteiger partial charge on any atom is -0.374 e. The highest BCUT2D eigenvalue weighted by Crippen LogP contribution is 2.08. The van der Waals surface area contributed by atoms with Crippen molar-refractivity contribution in [3.63, 3.8) is 0 Å². The molecule has 1 aliphatic heterocycles. The third-order valence-electron chi connectivity index (χ3n) is 3.62. The zero-order valence-corrected chi connectivity index (χ0v) is 12.4. The number of morpholine rings is 1. The van der Waals surface area contributed by atoms with E-state index in [0.29, 0.717) is 13.0 Å². The molecule has 1 aromatic rings. The van der Waals surface area contributed by atoms with Crippen molar-refractivity contribution in [1.82, 2.24) is 10.2 Å². The molecule has 1 unspecified atom stereocenters. The number of carbonyl (C=O) groups excluding carboxylic acids is 1. The zero-order chi connectivity index (χ0) is 14.4. The van der Waals surface area contributed by atoms with E-state index in [1.165, 1.54) is 11.1 Å². The maximum absolute atomic E-state index is 12.1. The van der Waals surface area contributed by atoms with Crippen LogP contribution < -0.4 is 5.32 Å². The molecular formula is C16H24N2O2. The van der Waals surface area contributed by atoms with Crippen LogP contribution in [0.2, 0.25) is 0 Å². The molecule has 0 radical (unpaired) electrons. The Morgan fingerprint density at radius 2 is 2.35 bits per heavy atom. The maximum Gasteiger partial charge on any atom is 0.222 e. The predicted molar refractivity (Wildman–Crippen MR) is 79.7 cm³/mol. The van der Waals surface area contributed by atoms with Gasteiger partial charge in [-0.05, 0) is 18.9 Å². The fourth-order valence-electron chi connectivity index (χ4n) is 2.45. The van der Waals surface area contributed by atoms with Crippen molar-refractivity contribution in [2.45, 2.75) is 25.9 Å². The summed E-state index contributed by atoms with van der Waals surface area (Å²) in [6.45, 7) is 5.21. The fraction of sp³-hybridized carbons (Fsp3) is 0.562. The molecule has 1 heterocycles. The topological polar surface area (TPSA) is 41.6 Å². The van der Waals surface area contributed by atoms with Gasteiger partial charge in [0, 0.05) is 33.1 Å². The first kappa shape index (κ1) is 15.0. The van der Waals surface area contributed by atoms with Crippen molar-refractivity contribution in [3.8, 4) is 0 Å². The molecule has 0 saturated carbocycles. The van der Waals surface area contributed by atoms with Crippen LogP contribution in [0.25, 0.3) is 0 Å². The van der Waals surface area contributed by atoms with Gasteiger partial charge in [0.2, 0.25) is 5.91 Å². The van der Waals surface area contributed by atoms with Crippen molar-refractivity contribution in [3.05, 3.63) is 35.4 Å². The second-order valence-electron chi connectivity index (χ2n) is 5.46. The average Bonchev–Trinajstić information content (AvgIpc) is 2.46. The zero-order valence-electron chi connectivity index (χ0n) is 12.4. The van der Waals surface area contributed by atoms with Crippen molar-refractivity contribution in [2.24, 2.45) is 0 Å². The second kappa shape index (κ2) is 7.41. The molecule has 0 spiro atoms. The molecule has 2 rings (SSSR count). The molecule has 4 nitrogen and oxygen atoms in total. The molecule has 1 aromatic carbocycles. The highest BCUT2D eigenvalue weighted by molar-refractivity contribution is 5.76. The van der Waals surface area contributed by atoms with Crippen molar-refractivity contribution >= 4 is 5.91 Å². The molecule has 0 aromatic heterocycles. The summed E-state index contributed by atoms with van der Waals surface area (Å²) in [6, 6.07) is 8.33. The number of carbonyl (C=O) groups is 1. The number of hydrogen-bond acceptors (Lipinski definition) is 3. The van der Waals surface area contributed by atoms with Gasteiger partial charge in [-0.25, -0.2) is 0 Å². The Balaban J connectivity index is 1.76. The summed E-state index contributed by atoms with van der Waals surface area (Å²) in [4.78, 5) is 13.9. The molecule has 0 bridgehead atoms. The smallest absolute Gasteiger partial charge is 0.222 e. The fourth-order valence-corrected chi connectivity index (χ4v) is 2.45. The van der Waals surface area contributed by atoms with E-state index in [1.807, 2.05) is 13.1 Å². The predicted octanol–water partition coefficient (Wildman–Crippen LogP) is 1.37. The average molecular weight is 276 g/mol. The van der Waals surface area contributed by atoms with Gasteiger partial charge in [0.1, 0.15) is 0 Å². The van der Waals surface area contributed by atoms with Crippen LogP contribution in [0, 0.1) is 6.92 Å². The monoisotopic (exact) mass is 276 g/mol. The van der Waals surface area contributed by atoms with E-state index < -0.39 is 0 Å². The van der Waals surface area contributed by atoms with Crippen LogP contribution in [0.1, 0.15) is 17.5 Å². The number of aryl methyl sites for hydroxylation is 2. The van der Waals surface area contributed by atoms with Gasteiger partial charge >= 0.3 is 0 Å². The number of hydrogen-bond donors (Lipinski definition) is 1. The number of nitrogens with one attached hydrogen (secondary N) is 1. The van der Waals surface area contributed by atoms with E-state index in [0.717, 1.165) is 26.1 Å². The summed E-state index contributed by atoms with van der Waals surface area (Å²) in [5.74, 6) is 0.181. The first-order valence-electron chi connectivity index (χ1n) is 7.27. The molecule has 110 valence electrons. The summed E-state index contributed by atoms with van der Waals surface area (Å²) < 4.78 is 5.62. The summed E-state index contributed by atoms with van der Waals surface area (Å²) in [5.41, 5.74) is 2.47. The molecule has 1 amide bonds. The van der Waals surface area contributed by atoms with Crippen LogP contribution in [0.15, 0.2) is 24.3 Å². The number of benzene rings is 1. The van der Waals surface area contributed by atoms with Crippen LogP contribution in [0.4, 0.5) is 0 Å². The van der Waals surface area contributed by atoms with E-state index in [1.54, 1.807) is 4.90 Å². The Labute approximate surface area is 121 Å². The lowest BCUT2D eigenvalue weighted by atomic mass is 10.1. The van der Waals surface area contributed by atoms with E-state index >= 15 is 0 Å². The summed E-state index contributed by atoms with van der Waals surface area (Å²) >= 11 is 0. The van der Waals surface area contributed by atoms with E-state index in [9.17, 15) is 4.79 Å². The quantitative estimate of drug-likeness (QED) is 0.883. The molecule has 0 aliphatic carbocycles.